The Morgan fingerprint density at radius 3 is 2.55 bits per heavy atom. The number of aromatic nitrogens is 4. The zero-order valence-electron chi connectivity index (χ0n) is 31.7. The predicted octanol–water partition coefficient (Wildman–Crippen LogP) is 5.57. The third kappa shape index (κ3) is 6.33. The van der Waals surface area contributed by atoms with Crippen molar-refractivity contribution in [3.05, 3.63) is 97.3 Å². The number of halogens is 1. The Hall–Kier alpha value is -5.24. The molecule has 2 aromatic carbocycles. The number of urea groups is 1. The Balaban J connectivity index is 1.07. The lowest BCUT2D eigenvalue weighted by atomic mass is 9.92. The first kappa shape index (κ1) is 36.7. The number of hydrogen-bond donors (Lipinski definition) is 2. The van der Waals surface area contributed by atoms with Gasteiger partial charge in [0.15, 0.2) is 0 Å². The molecule has 3 aliphatic rings. The molecular weight excluding hydrogens is 720 g/mol. The average Bonchev–Trinajstić information content (AvgIpc) is 3.81. The minimum absolute atomic E-state index is 0.0128. The number of fused-ring (bicyclic) bond motifs is 2. The maximum Gasteiger partial charge on any atom is 0.330 e. The Morgan fingerprint density at radius 2 is 1.76 bits per heavy atom. The van der Waals surface area contributed by atoms with Crippen LogP contribution in [-0.2, 0) is 25.3 Å². The first-order valence-corrected chi connectivity index (χ1v) is 19.0. The van der Waals surface area contributed by atoms with E-state index in [1.165, 1.54) is 17.2 Å². The molecule has 2 fully saturated rings. The molecule has 2 atom stereocenters. The number of carbonyl (C=O) groups excluding carboxylic acids is 1. The van der Waals surface area contributed by atoms with E-state index in [0.717, 1.165) is 89.1 Å². The second-order valence-electron chi connectivity index (χ2n) is 14.8. The molecule has 3 aromatic heterocycles. The third-order valence-corrected chi connectivity index (χ3v) is 12.2. The van der Waals surface area contributed by atoms with Crippen LogP contribution in [0, 0.1) is 6.92 Å². The van der Waals surface area contributed by atoms with Crippen molar-refractivity contribution in [2.75, 3.05) is 52.3 Å². The van der Waals surface area contributed by atoms with Crippen molar-refractivity contribution >= 4 is 40.0 Å². The summed E-state index contributed by atoms with van der Waals surface area (Å²) in [6.07, 6.45) is 5.23. The lowest BCUT2D eigenvalue weighted by Crippen LogP contribution is -2.61. The van der Waals surface area contributed by atoms with Crippen LogP contribution in [0.15, 0.2) is 64.3 Å². The maximum absolute atomic E-state index is 13.2. The van der Waals surface area contributed by atoms with Gasteiger partial charge in [-0.05, 0) is 67.5 Å². The van der Waals surface area contributed by atoms with Crippen LogP contribution in [0.5, 0.6) is 5.88 Å². The molecule has 0 bridgehead atoms. The Bertz CT molecular complexity index is 2470. The van der Waals surface area contributed by atoms with Crippen molar-refractivity contribution in [3.8, 4) is 28.3 Å². The van der Waals surface area contributed by atoms with Crippen molar-refractivity contribution in [1.29, 1.82) is 0 Å². The normalized spacial score (nSPS) is 19.6. The number of carbonyl (C=O) groups is 1. The van der Waals surface area contributed by atoms with E-state index in [1.54, 1.807) is 33.5 Å². The van der Waals surface area contributed by atoms with Gasteiger partial charge in [-0.1, -0.05) is 41.9 Å². The van der Waals surface area contributed by atoms with Crippen molar-refractivity contribution in [2.24, 2.45) is 14.1 Å². The van der Waals surface area contributed by atoms with Crippen LogP contribution in [0.3, 0.4) is 0 Å². The van der Waals surface area contributed by atoms with Crippen LogP contribution < -0.4 is 26.6 Å². The van der Waals surface area contributed by atoms with Gasteiger partial charge in [0.2, 0.25) is 5.88 Å². The molecule has 1 aliphatic carbocycles. The summed E-state index contributed by atoms with van der Waals surface area (Å²) in [4.78, 5) is 52.7. The van der Waals surface area contributed by atoms with E-state index in [1.807, 2.05) is 48.2 Å². The first-order chi connectivity index (χ1) is 26.5. The number of ether oxygens (including phenoxy) is 2. The molecule has 286 valence electrons. The van der Waals surface area contributed by atoms with Crippen LogP contribution in [0.2, 0.25) is 5.02 Å². The molecule has 13 nitrogen and oxygen atoms in total. The van der Waals surface area contributed by atoms with Crippen LogP contribution in [0.1, 0.15) is 42.0 Å². The van der Waals surface area contributed by atoms with Gasteiger partial charge in [-0.25, -0.2) is 19.6 Å². The van der Waals surface area contributed by atoms with Crippen molar-refractivity contribution in [3.63, 3.8) is 0 Å². The van der Waals surface area contributed by atoms with Crippen LogP contribution in [0.25, 0.3) is 33.3 Å². The topological polar surface area (TPSA) is 136 Å². The monoisotopic (exact) mass is 764 g/mol. The minimum atomic E-state index is -0.422. The van der Waals surface area contributed by atoms with Gasteiger partial charge in [-0.15, -0.1) is 0 Å². The van der Waals surface area contributed by atoms with Gasteiger partial charge < -0.3 is 25.0 Å². The molecule has 14 heteroatoms. The number of rotatable bonds is 9. The molecule has 55 heavy (non-hydrogen) atoms. The number of benzene rings is 2. The number of nitrogens with one attached hydrogen (secondary N) is 2. The second kappa shape index (κ2) is 14.4. The zero-order chi connectivity index (χ0) is 38.6. The van der Waals surface area contributed by atoms with E-state index in [2.05, 4.69) is 26.6 Å². The fraction of sp³-hybridized carbons (Fsp3) is 0.390. The molecule has 2 unspecified atom stereocenters. The van der Waals surface area contributed by atoms with E-state index in [4.69, 9.17) is 26.1 Å². The van der Waals surface area contributed by atoms with E-state index < -0.39 is 11.2 Å². The molecule has 2 aliphatic heterocycles. The van der Waals surface area contributed by atoms with Gasteiger partial charge in [0.1, 0.15) is 11.2 Å². The van der Waals surface area contributed by atoms with Crippen molar-refractivity contribution in [1.82, 2.24) is 34.2 Å². The van der Waals surface area contributed by atoms with Crippen LogP contribution in [0.4, 0.5) is 16.3 Å². The number of amides is 2. The minimum Gasteiger partial charge on any atom is -0.481 e. The summed E-state index contributed by atoms with van der Waals surface area (Å²) in [6, 6.07) is 15.8. The van der Waals surface area contributed by atoms with Gasteiger partial charge >= 0.3 is 11.7 Å². The number of nitrogens with zero attached hydrogens (tertiary/aromatic N) is 6. The smallest absolute Gasteiger partial charge is 0.330 e. The lowest BCUT2D eigenvalue weighted by molar-refractivity contribution is 0.114. The van der Waals surface area contributed by atoms with E-state index >= 15 is 0 Å². The fourth-order valence-corrected chi connectivity index (χ4v) is 9.02. The SMILES string of the molecule is COCCN1CCC2(CCN(C3CCc4cc(-c5cccc(-c6cccc(Nc7nccc8c7c(=O)n(C)c(=O)n8C)c6C)c5Cl)nc(OC)c43)C2)NC1=O. The molecular formula is C41H45ClN8O5. The van der Waals surface area contributed by atoms with E-state index in [9.17, 15) is 14.4 Å². The molecule has 1 spiro atoms. The number of aryl methyl sites for hydroxylation is 2. The van der Waals surface area contributed by atoms with E-state index in [0.29, 0.717) is 40.8 Å². The molecule has 2 saturated heterocycles. The van der Waals surface area contributed by atoms with Crippen molar-refractivity contribution < 1.29 is 14.3 Å². The Labute approximate surface area is 323 Å². The van der Waals surface area contributed by atoms with E-state index in [-0.39, 0.29) is 17.6 Å². The summed E-state index contributed by atoms with van der Waals surface area (Å²) in [5.74, 6) is 0.961. The Morgan fingerprint density at radius 1 is 1.00 bits per heavy atom. The van der Waals surface area contributed by atoms with Gasteiger partial charge in [0, 0.05) is 82.0 Å². The highest BCUT2D eigenvalue weighted by molar-refractivity contribution is 6.36. The Kier molecular flexibility index (Phi) is 9.64. The number of pyridine rings is 2. The first-order valence-electron chi connectivity index (χ1n) is 18.6. The van der Waals surface area contributed by atoms with Crippen molar-refractivity contribution in [2.45, 2.75) is 44.2 Å². The molecule has 0 radical (unpaired) electrons. The van der Waals surface area contributed by atoms with Gasteiger partial charge in [-0.3, -0.25) is 18.8 Å². The maximum atomic E-state index is 13.2. The van der Waals surface area contributed by atoms with Crippen LogP contribution >= 0.6 is 11.6 Å². The molecule has 8 rings (SSSR count). The molecule has 5 aromatic rings. The predicted molar refractivity (Wildman–Crippen MR) is 213 cm³/mol. The second-order valence-corrected chi connectivity index (χ2v) is 15.2. The quantitative estimate of drug-likeness (QED) is 0.198. The lowest BCUT2D eigenvalue weighted by Gasteiger charge is -2.40. The summed E-state index contributed by atoms with van der Waals surface area (Å²) in [7, 11) is 6.43. The highest BCUT2D eigenvalue weighted by Gasteiger charge is 2.46. The summed E-state index contributed by atoms with van der Waals surface area (Å²) in [6.45, 7) is 5.53. The average molecular weight is 765 g/mol. The third-order valence-electron chi connectivity index (χ3n) is 11.8. The number of likely N-dealkylation sites (tertiary alicyclic amines) is 1. The largest absolute Gasteiger partial charge is 0.481 e. The number of methoxy groups -OCH3 is 2. The highest BCUT2D eigenvalue weighted by atomic mass is 35.5. The van der Waals surface area contributed by atoms with Gasteiger partial charge in [-0.2, -0.15) is 0 Å². The van der Waals surface area contributed by atoms with Gasteiger partial charge in [0.05, 0.1) is 35.5 Å². The number of anilines is 2. The molecule has 2 N–H and O–H groups in total. The molecule has 5 heterocycles. The van der Waals surface area contributed by atoms with Crippen LogP contribution in [-0.4, -0.2) is 87.5 Å². The molecule has 2 amide bonds. The highest BCUT2D eigenvalue weighted by Crippen LogP contribution is 2.47. The summed E-state index contributed by atoms with van der Waals surface area (Å²) in [5, 5.41) is 7.59. The standard InChI is InChI=1S/C41H45ClN8O5/c1-24-26(8-7-11-29(24)44-36-34-31(14-17-43-36)47(2)40(53)48(3)38(34)51)27-9-6-10-28(35(27)42)30-22-25-12-13-32(33(25)37(45-30)55-5)50-19-16-41(23-50)15-18-49(20-21-54-4)39(52)46-41/h6-11,14,17,22,32H,12-13,15-16,18-21,23H2,1-5H3,(H,43,44)(H,46,52). The summed E-state index contributed by atoms with van der Waals surface area (Å²) < 4.78 is 13.7. The number of hydrogen-bond acceptors (Lipinski definition) is 9. The fourth-order valence-electron chi connectivity index (χ4n) is 8.70. The van der Waals surface area contributed by atoms with Gasteiger partial charge in [0.25, 0.3) is 5.56 Å². The summed E-state index contributed by atoms with van der Waals surface area (Å²) in [5.41, 5.74) is 6.68. The summed E-state index contributed by atoms with van der Waals surface area (Å²) >= 11 is 7.28. The zero-order valence-corrected chi connectivity index (χ0v) is 32.5. The molecule has 0 saturated carbocycles.